The van der Waals surface area contributed by atoms with Crippen LogP contribution in [0.5, 0.6) is 11.5 Å². The molecule has 1 atom stereocenters. The SMILES string of the molecule is COc1c(F)cccc1Nc1c2[nH]c3c1C(=O)NC[C@H]3[I-]OCCOCCOc1cnccc1-2. The van der Waals surface area contributed by atoms with Gasteiger partial charge in [0.2, 0.25) is 0 Å². The Labute approximate surface area is 206 Å². The number of hydrogen-bond acceptors (Lipinski definition) is 7. The molecule has 4 heterocycles. The van der Waals surface area contributed by atoms with E-state index in [1.807, 2.05) is 6.07 Å². The number of carbonyl (C=O) groups excluding carboxylic acids is 1. The van der Waals surface area contributed by atoms with E-state index in [1.54, 1.807) is 24.5 Å². The number of alkyl halides is 1. The number of benzene rings is 1. The molecule has 34 heavy (non-hydrogen) atoms. The number of anilines is 2. The van der Waals surface area contributed by atoms with Gasteiger partial charge in [0.1, 0.15) is 0 Å². The van der Waals surface area contributed by atoms with Crippen LogP contribution in [0.2, 0.25) is 0 Å². The third-order valence-electron chi connectivity index (χ3n) is 5.46. The van der Waals surface area contributed by atoms with Gasteiger partial charge in [0, 0.05) is 0 Å². The van der Waals surface area contributed by atoms with Gasteiger partial charge in [-0.1, -0.05) is 0 Å². The molecule has 3 aromatic rings. The second-order valence-electron chi connectivity index (χ2n) is 7.52. The summed E-state index contributed by atoms with van der Waals surface area (Å²) in [6.45, 7) is 2.16. The summed E-state index contributed by atoms with van der Waals surface area (Å²) in [5.41, 5.74) is 3.50. The normalized spacial score (nSPS) is 18.4. The molecule has 0 unspecified atom stereocenters. The van der Waals surface area contributed by atoms with Crippen molar-refractivity contribution >= 4 is 17.3 Å². The number of amides is 1. The molecule has 180 valence electrons. The van der Waals surface area contributed by atoms with Gasteiger partial charge in [-0.25, -0.2) is 0 Å². The fraction of sp³-hybridized carbons (Fsp3) is 0.304. The number of hydrogen-bond donors (Lipinski definition) is 3. The predicted octanol–water partition coefficient (Wildman–Crippen LogP) is 0.182. The summed E-state index contributed by atoms with van der Waals surface area (Å²) in [5.74, 6) is -0.133. The van der Waals surface area contributed by atoms with E-state index >= 15 is 0 Å². The number of methoxy groups -OCH3 is 1. The molecule has 2 bridgehead atoms. The number of ether oxygens (including phenoxy) is 3. The summed E-state index contributed by atoms with van der Waals surface area (Å²) < 4.78 is 37.2. The topological polar surface area (TPSA) is 107 Å². The number of nitrogens with zero attached hydrogens (tertiary/aromatic N) is 1. The molecular formula is C23H23FIN4O5-. The van der Waals surface area contributed by atoms with Gasteiger partial charge in [-0.2, -0.15) is 0 Å². The second-order valence-corrected chi connectivity index (χ2v) is 10.2. The van der Waals surface area contributed by atoms with Crippen molar-refractivity contribution in [3.8, 4) is 22.8 Å². The van der Waals surface area contributed by atoms with Crippen LogP contribution in [0.1, 0.15) is 20.0 Å². The number of aromatic amines is 1. The summed E-state index contributed by atoms with van der Waals surface area (Å²) in [7, 11) is 1.40. The zero-order valence-electron chi connectivity index (χ0n) is 18.3. The van der Waals surface area contributed by atoms with Gasteiger partial charge >= 0.3 is 206 Å². The Morgan fingerprint density at radius 2 is 2.12 bits per heavy atom. The van der Waals surface area contributed by atoms with Crippen molar-refractivity contribution in [2.75, 3.05) is 45.4 Å². The van der Waals surface area contributed by atoms with Gasteiger partial charge in [0.05, 0.1) is 0 Å². The molecule has 1 aromatic carbocycles. The van der Waals surface area contributed by atoms with Gasteiger partial charge in [-0.3, -0.25) is 0 Å². The number of rotatable bonds is 3. The summed E-state index contributed by atoms with van der Waals surface area (Å²) in [4.78, 5) is 20.8. The summed E-state index contributed by atoms with van der Waals surface area (Å²) >= 11 is -0.739. The van der Waals surface area contributed by atoms with Crippen molar-refractivity contribution in [2.24, 2.45) is 0 Å². The van der Waals surface area contributed by atoms with Crippen molar-refractivity contribution in [3.63, 3.8) is 0 Å². The fourth-order valence-electron chi connectivity index (χ4n) is 3.94. The maximum absolute atomic E-state index is 14.4. The standard InChI is InChI=1S/C23H23FIN4O5/c1-31-22-14(24)3-2-4-16(22)28-21-18-20-15(11-27-23(18)30)25-34-10-8-32-7-9-33-17-12-26-6-5-13(17)19(21)29-20/h2-6,12,15,28-29H,7-11H2,1H3,(H,27,30)/q-1/t15-/m1/s1. The number of aromatic nitrogens is 2. The maximum atomic E-state index is 14.4. The Balaban J connectivity index is 1.69. The van der Waals surface area contributed by atoms with E-state index in [1.165, 1.54) is 13.2 Å². The van der Waals surface area contributed by atoms with E-state index in [-0.39, 0.29) is 15.6 Å². The number of para-hydroxylation sites is 1. The van der Waals surface area contributed by atoms with Crippen LogP contribution in [-0.4, -0.2) is 56.0 Å². The molecule has 1 amide bonds. The molecule has 0 saturated carbocycles. The molecule has 3 N–H and O–H groups in total. The molecular weight excluding hydrogens is 558 g/mol. The van der Waals surface area contributed by atoms with Gasteiger partial charge in [-0.05, 0) is 0 Å². The summed E-state index contributed by atoms with van der Waals surface area (Å²) in [6.07, 6.45) is 3.28. The van der Waals surface area contributed by atoms with E-state index in [0.717, 1.165) is 5.69 Å². The number of H-pyrrole nitrogens is 1. The third kappa shape index (κ3) is 4.42. The molecule has 9 nitrogen and oxygen atoms in total. The number of fused-ring (bicyclic) bond motifs is 3. The van der Waals surface area contributed by atoms with Crippen LogP contribution in [0.25, 0.3) is 11.3 Å². The monoisotopic (exact) mass is 581 g/mol. The van der Waals surface area contributed by atoms with Crippen molar-refractivity contribution in [1.29, 1.82) is 0 Å². The van der Waals surface area contributed by atoms with Crippen LogP contribution in [0.4, 0.5) is 15.8 Å². The molecule has 0 aliphatic carbocycles. The Kier molecular flexibility index (Phi) is 6.83. The van der Waals surface area contributed by atoms with Crippen LogP contribution in [0, 0.1) is 5.82 Å². The molecule has 2 aromatic heterocycles. The first-order valence-corrected chi connectivity index (χ1v) is 12.8. The van der Waals surface area contributed by atoms with E-state index in [0.29, 0.717) is 66.9 Å². The Bertz CT molecular complexity index is 1200. The van der Waals surface area contributed by atoms with Gasteiger partial charge in [0.15, 0.2) is 0 Å². The van der Waals surface area contributed by atoms with Crippen molar-refractivity contribution < 1.29 is 48.1 Å². The number of carbonyl (C=O) groups is 1. The molecule has 5 rings (SSSR count). The van der Waals surface area contributed by atoms with Crippen LogP contribution in [-0.2, 0) is 7.80 Å². The average Bonchev–Trinajstić information content (AvgIpc) is 3.22. The number of halogens is 2. The molecule has 2 aliphatic rings. The number of nitrogens with one attached hydrogen (secondary N) is 3. The summed E-state index contributed by atoms with van der Waals surface area (Å²) in [5, 5.41) is 6.23. The minimum atomic E-state index is -0.739. The van der Waals surface area contributed by atoms with E-state index < -0.39 is 27.4 Å². The predicted molar refractivity (Wildman–Crippen MR) is 118 cm³/mol. The Morgan fingerprint density at radius 3 is 3.00 bits per heavy atom. The van der Waals surface area contributed by atoms with E-state index in [4.69, 9.17) is 17.3 Å². The Morgan fingerprint density at radius 1 is 1.24 bits per heavy atom. The average molecular weight is 581 g/mol. The van der Waals surface area contributed by atoms with Crippen molar-refractivity contribution in [2.45, 2.75) is 3.92 Å². The Hall–Kier alpha value is -2.90. The van der Waals surface area contributed by atoms with Crippen LogP contribution in [0.15, 0.2) is 36.7 Å². The molecule has 0 spiro atoms. The first kappa shape index (κ1) is 22.9. The molecule has 0 radical (unpaired) electrons. The summed E-state index contributed by atoms with van der Waals surface area (Å²) in [6, 6.07) is 6.41. The molecule has 11 heteroatoms. The van der Waals surface area contributed by atoms with E-state index in [2.05, 4.69) is 20.6 Å². The zero-order valence-corrected chi connectivity index (χ0v) is 20.5. The van der Waals surface area contributed by atoms with Crippen LogP contribution >= 0.6 is 0 Å². The zero-order chi connectivity index (χ0) is 23.5. The van der Waals surface area contributed by atoms with Crippen LogP contribution in [0.3, 0.4) is 0 Å². The third-order valence-corrected chi connectivity index (χ3v) is 7.93. The quantitative estimate of drug-likeness (QED) is 0.300. The van der Waals surface area contributed by atoms with Gasteiger partial charge in [0.25, 0.3) is 0 Å². The second kappa shape index (κ2) is 10.2. The molecule has 2 aliphatic heterocycles. The van der Waals surface area contributed by atoms with Crippen molar-refractivity contribution in [1.82, 2.24) is 15.3 Å². The fourth-order valence-corrected chi connectivity index (χ4v) is 5.93. The number of pyridine rings is 1. The minimum absolute atomic E-state index is 0.00403. The van der Waals surface area contributed by atoms with Crippen LogP contribution < -0.4 is 41.7 Å². The van der Waals surface area contributed by atoms with Crippen molar-refractivity contribution in [3.05, 3.63) is 53.7 Å². The first-order chi connectivity index (χ1) is 16.7. The van der Waals surface area contributed by atoms with Gasteiger partial charge < -0.3 is 0 Å². The molecule has 0 saturated heterocycles. The van der Waals surface area contributed by atoms with Gasteiger partial charge in [-0.15, -0.1) is 0 Å². The molecule has 0 fully saturated rings. The van der Waals surface area contributed by atoms with E-state index in [9.17, 15) is 9.18 Å². The first-order valence-electron chi connectivity index (χ1n) is 10.7.